The molecule has 0 saturated heterocycles. The molecule has 0 amide bonds. The van der Waals surface area contributed by atoms with Gasteiger partial charge in [0.05, 0.1) is 16.9 Å². The lowest BCUT2D eigenvalue weighted by Crippen LogP contribution is -2.28. The van der Waals surface area contributed by atoms with E-state index in [1.807, 2.05) is 0 Å². The Hall–Kier alpha value is -1.39. The van der Waals surface area contributed by atoms with Crippen molar-refractivity contribution in [2.24, 2.45) is 11.3 Å². The third-order valence-corrected chi connectivity index (χ3v) is 3.68. The number of rotatable bonds is 4. The van der Waals surface area contributed by atoms with E-state index in [0.717, 1.165) is 12.1 Å². The summed E-state index contributed by atoms with van der Waals surface area (Å²) in [5.74, 6) is 0.454. The molecule has 0 aromatic heterocycles. The second-order valence-electron chi connectivity index (χ2n) is 5.80. The maximum atomic E-state index is 12.5. The van der Waals surface area contributed by atoms with Crippen LogP contribution in [-0.4, -0.2) is 6.54 Å². The Bertz CT molecular complexity index is 437. The monoisotopic (exact) mass is 274 g/mol. The van der Waals surface area contributed by atoms with Crippen LogP contribution in [0.15, 0.2) is 18.2 Å². The first-order valence-electron chi connectivity index (χ1n) is 6.24. The van der Waals surface area contributed by atoms with Crippen LogP contribution < -0.4 is 11.1 Å². The fourth-order valence-corrected chi connectivity index (χ4v) is 1.43. The minimum atomic E-state index is -4.36. The number of halogens is 3. The number of alkyl halides is 3. The Morgan fingerprint density at radius 1 is 1.21 bits per heavy atom. The number of nitrogens with two attached hydrogens (primary N) is 1. The smallest absolute Gasteiger partial charge is 0.397 e. The van der Waals surface area contributed by atoms with Crippen LogP contribution in [0, 0.1) is 11.3 Å². The lowest BCUT2D eigenvalue weighted by atomic mass is 9.81. The molecule has 2 nitrogen and oxygen atoms in total. The van der Waals surface area contributed by atoms with Crippen molar-refractivity contribution in [1.82, 2.24) is 0 Å². The van der Waals surface area contributed by atoms with Gasteiger partial charge in [0, 0.05) is 6.54 Å². The van der Waals surface area contributed by atoms with Gasteiger partial charge in [0.2, 0.25) is 0 Å². The molecule has 0 radical (unpaired) electrons. The SMILES string of the molecule is CC(C)C(C)(C)CNc1ccc(C(F)(F)F)cc1N. The summed E-state index contributed by atoms with van der Waals surface area (Å²) in [5.41, 5.74) is 5.64. The zero-order valence-corrected chi connectivity index (χ0v) is 11.7. The number of hydrogen-bond donors (Lipinski definition) is 2. The molecule has 0 heterocycles. The summed E-state index contributed by atoms with van der Waals surface area (Å²) in [6, 6.07) is 3.39. The van der Waals surface area contributed by atoms with Gasteiger partial charge in [0.15, 0.2) is 0 Å². The van der Waals surface area contributed by atoms with E-state index < -0.39 is 11.7 Å². The van der Waals surface area contributed by atoms with Gasteiger partial charge >= 0.3 is 6.18 Å². The first-order chi connectivity index (χ1) is 8.54. The van der Waals surface area contributed by atoms with Crippen molar-refractivity contribution >= 4 is 11.4 Å². The van der Waals surface area contributed by atoms with Crippen LogP contribution in [0.3, 0.4) is 0 Å². The number of nitrogens with one attached hydrogen (secondary N) is 1. The van der Waals surface area contributed by atoms with Crippen LogP contribution >= 0.6 is 0 Å². The maximum Gasteiger partial charge on any atom is 0.416 e. The standard InChI is InChI=1S/C14H21F3N2/c1-9(2)13(3,4)8-19-12-6-5-10(7-11(12)18)14(15,16)17/h5-7,9,19H,8,18H2,1-4H3. The molecule has 1 aromatic carbocycles. The highest BCUT2D eigenvalue weighted by molar-refractivity contribution is 5.67. The molecule has 0 unspecified atom stereocenters. The average molecular weight is 274 g/mol. The molecule has 108 valence electrons. The minimum Gasteiger partial charge on any atom is -0.397 e. The topological polar surface area (TPSA) is 38.0 Å². The van der Waals surface area contributed by atoms with Crippen molar-refractivity contribution in [3.63, 3.8) is 0 Å². The van der Waals surface area contributed by atoms with Crippen molar-refractivity contribution < 1.29 is 13.2 Å². The van der Waals surface area contributed by atoms with Crippen LogP contribution in [-0.2, 0) is 6.18 Å². The second kappa shape index (κ2) is 5.31. The zero-order chi connectivity index (χ0) is 14.8. The van der Waals surface area contributed by atoms with Gasteiger partial charge in [-0.15, -0.1) is 0 Å². The fourth-order valence-electron chi connectivity index (χ4n) is 1.43. The van der Waals surface area contributed by atoms with Crippen LogP contribution in [0.25, 0.3) is 0 Å². The highest BCUT2D eigenvalue weighted by atomic mass is 19.4. The Kier molecular flexibility index (Phi) is 4.38. The van der Waals surface area contributed by atoms with Gasteiger partial charge in [-0.05, 0) is 29.5 Å². The molecule has 1 aromatic rings. The largest absolute Gasteiger partial charge is 0.416 e. The fraction of sp³-hybridized carbons (Fsp3) is 0.571. The first-order valence-corrected chi connectivity index (χ1v) is 6.24. The quantitative estimate of drug-likeness (QED) is 0.799. The summed E-state index contributed by atoms with van der Waals surface area (Å²) in [7, 11) is 0. The van der Waals surface area contributed by atoms with Crippen molar-refractivity contribution in [2.45, 2.75) is 33.9 Å². The van der Waals surface area contributed by atoms with Gasteiger partial charge < -0.3 is 11.1 Å². The maximum absolute atomic E-state index is 12.5. The van der Waals surface area contributed by atoms with Gasteiger partial charge in [0.1, 0.15) is 0 Å². The molecule has 19 heavy (non-hydrogen) atoms. The number of nitrogen functional groups attached to an aromatic ring is 1. The highest BCUT2D eigenvalue weighted by Gasteiger charge is 2.31. The zero-order valence-electron chi connectivity index (χ0n) is 11.7. The molecule has 0 spiro atoms. The molecular weight excluding hydrogens is 253 g/mol. The van der Waals surface area contributed by atoms with Crippen LogP contribution in [0.5, 0.6) is 0 Å². The van der Waals surface area contributed by atoms with Gasteiger partial charge in [-0.25, -0.2) is 0 Å². The van der Waals surface area contributed by atoms with E-state index in [9.17, 15) is 13.2 Å². The molecule has 0 bridgehead atoms. The van der Waals surface area contributed by atoms with E-state index in [0.29, 0.717) is 18.2 Å². The van der Waals surface area contributed by atoms with Gasteiger partial charge in [-0.2, -0.15) is 13.2 Å². The molecule has 1 rings (SSSR count). The van der Waals surface area contributed by atoms with E-state index in [-0.39, 0.29) is 11.1 Å². The van der Waals surface area contributed by atoms with Crippen molar-refractivity contribution in [3.05, 3.63) is 23.8 Å². The summed E-state index contributed by atoms with van der Waals surface area (Å²) in [6.45, 7) is 9.08. The Morgan fingerprint density at radius 3 is 2.21 bits per heavy atom. The minimum absolute atomic E-state index is 0.0368. The molecule has 0 saturated carbocycles. The normalized spacial score (nSPS) is 12.8. The van der Waals surface area contributed by atoms with Gasteiger partial charge in [-0.3, -0.25) is 0 Å². The highest BCUT2D eigenvalue weighted by Crippen LogP contribution is 2.33. The van der Waals surface area contributed by atoms with Crippen molar-refractivity contribution in [1.29, 1.82) is 0 Å². The summed E-state index contributed by atoms with van der Waals surface area (Å²) >= 11 is 0. The Morgan fingerprint density at radius 2 is 1.79 bits per heavy atom. The van der Waals surface area contributed by atoms with E-state index in [4.69, 9.17) is 5.73 Å². The first kappa shape index (κ1) is 15.7. The molecule has 0 atom stereocenters. The van der Waals surface area contributed by atoms with Crippen LogP contribution in [0.1, 0.15) is 33.3 Å². The molecule has 0 aliphatic rings. The van der Waals surface area contributed by atoms with E-state index in [1.165, 1.54) is 6.07 Å². The number of benzene rings is 1. The molecular formula is C14H21F3N2. The summed E-state index contributed by atoms with van der Waals surface area (Å²) in [4.78, 5) is 0. The van der Waals surface area contributed by atoms with Crippen LogP contribution in [0.2, 0.25) is 0 Å². The lowest BCUT2D eigenvalue weighted by molar-refractivity contribution is -0.137. The Balaban J connectivity index is 2.82. The van der Waals surface area contributed by atoms with E-state index in [1.54, 1.807) is 0 Å². The molecule has 0 aliphatic heterocycles. The molecule has 3 N–H and O–H groups in total. The molecule has 0 fully saturated rings. The summed E-state index contributed by atoms with van der Waals surface area (Å²) < 4.78 is 37.5. The third kappa shape index (κ3) is 4.04. The Labute approximate surface area is 112 Å². The van der Waals surface area contributed by atoms with E-state index in [2.05, 4.69) is 33.0 Å². The van der Waals surface area contributed by atoms with Crippen molar-refractivity contribution in [3.8, 4) is 0 Å². The lowest BCUT2D eigenvalue weighted by Gasteiger charge is -2.30. The predicted octanol–water partition coefficient (Wildman–Crippen LogP) is 4.38. The number of anilines is 2. The predicted molar refractivity (Wildman–Crippen MR) is 73.0 cm³/mol. The summed E-state index contributed by atoms with van der Waals surface area (Å²) in [5, 5.41) is 3.12. The van der Waals surface area contributed by atoms with E-state index >= 15 is 0 Å². The molecule has 0 aliphatic carbocycles. The number of hydrogen-bond acceptors (Lipinski definition) is 2. The van der Waals surface area contributed by atoms with Gasteiger partial charge in [0.25, 0.3) is 0 Å². The third-order valence-electron chi connectivity index (χ3n) is 3.68. The second-order valence-corrected chi connectivity index (χ2v) is 5.80. The van der Waals surface area contributed by atoms with Gasteiger partial charge in [-0.1, -0.05) is 27.7 Å². The average Bonchev–Trinajstić information content (AvgIpc) is 2.25. The van der Waals surface area contributed by atoms with Crippen LogP contribution in [0.4, 0.5) is 24.5 Å². The molecule has 5 heteroatoms. The summed E-state index contributed by atoms with van der Waals surface area (Å²) in [6.07, 6.45) is -4.36. The van der Waals surface area contributed by atoms with Crippen molar-refractivity contribution in [2.75, 3.05) is 17.6 Å².